The summed E-state index contributed by atoms with van der Waals surface area (Å²) in [6.45, 7) is 4.82. The lowest BCUT2D eigenvalue weighted by atomic mass is 9.86. The normalized spacial score (nSPS) is 15.4. The first-order valence-corrected chi connectivity index (χ1v) is 13.6. The lowest BCUT2D eigenvalue weighted by Crippen LogP contribution is -2.49. The van der Waals surface area contributed by atoms with E-state index >= 15 is 0 Å². The Morgan fingerprint density at radius 3 is 2.46 bits per heavy atom. The number of nitriles is 1. The predicted octanol–water partition coefficient (Wildman–Crippen LogP) is 5.02. The zero-order valence-corrected chi connectivity index (χ0v) is 22.1. The number of piperidine rings is 1. The lowest BCUT2D eigenvalue weighted by Gasteiger charge is -2.33. The summed E-state index contributed by atoms with van der Waals surface area (Å²) >= 11 is 12.1. The molecule has 1 N–H and O–H groups in total. The Labute approximate surface area is 217 Å². The average molecular weight is 538 g/mol. The van der Waals surface area contributed by atoms with Crippen LogP contribution in [0.25, 0.3) is 0 Å². The van der Waals surface area contributed by atoms with Gasteiger partial charge in [0.05, 0.1) is 28.2 Å². The monoisotopic (exact) mass is 537 g/mol. The number of amides is 1. The van der Waals surface area contributed by atoms with Gasteiger partial charge in [-0.2, -0.15) is 9.57 Å². The summed E-state index contributed by atoms with van der Waals surface area (Å²) in [6.07, 6.45) is 2.34. The molecule has 0 radical (unpaired) electrons. The molecule has 0 saturated carbocycles. The number of hydrogen-bond donors (Lipinski definition) is 1. The Balaban J connectivity index is 1.46. The summed E-state index contributed by atoms with van der Waals surface area (Å²) in [6, 6.07) is 12.8. The number of halogens is 2. The fourth-order valence-electron chi connectivity index (χ4n) is 3.87. The van der Waals surface area contributed by atoms with Crippen LogP contribution < -0.4 is 10.1 Å². The molecule has 1 aliphatic rings. The maximum absolute atomic E-state index is 12.9. The van der Waals surface area contributed by atoms with Gasteiger partial charge < -0.3 is 10.1 Å². The molecule has 10 heteroatoms. The Hall–Kier alpha value is -2.31. The van der Waals surface area contributed by atoms with Gasteiger partial charge >= 0.3 is 0 Å². The van der Waals surface area contributed by atoms with Crippen LogP contribution >= 0.6 is 23.2 Å². The Bertz CT molecular complexity index is 1190. The maximum Gasteiger partial charge on any atom is 0.243 e. The molecule has 1 heterocycles. The zero-order valence-electron chi connectivity index (χ0n) is 19.8. The van der Waals surface area contributed by atoms with Gasteiger partial charge in [-0.05, 0) is 62.1 Å². The van der Waals surface area contributed by atoms with Crippen LogP contribution in [-0.2, 0) is 14.8 Å². The minimum absolute atomic E-state index is 0.0633. The topological polar surface area (TPSA) is 99.5 Å². The van der Waals surface area contributed by atoms with Crippen LogP contribution in [0.2, 0.25) is 10.0 Å². The number of carbonyl (C=O) groups excluding carboxylic acids is 1. The van der Waals surface area contributed by atoms with E-state index in [4.69, 9.17) is 33.2 Å². The number of ether oxygens (including phenoxy) is 1. The second kappa shape index (κ2) is 11.6. The standard InChI is InChI=1S/C25H29Cl2N3O4S/c1-25(2,12-3-15-34-23-16-19(26)6-9-22(23)27)24(31)29-20-10-13-30(14-11-20)35(32,33)21-7-4-18(17-28)5-8-21/h4-9,16,20H,3,10-15H2,1-2H3,(H,29,31). The third kappa shape index (κ3) is 7.11. The molecule has 35 heavy (non-hydrogen) atoms. The van der Waals surface area contributed by atoms with E-state index in [0.717, 1.165) is 0 Å². The van der Waals surface area contributed by atoms with Crippen molar-refractivity contribution in [3.05, 3.63) is 58.1 Å². The Morgan fingerprint density at radius 2 is 1.83 bits per heavy atom. The molecule has 7 nitrogen and oxygen atoms in total. The van der Waals surface area contributed by atoms with Gasteiger partial charge in [-0.25, -0.2) is 8.42 Å². The fourth-order valence-corrected chi connectivity index (χ4v) is 5.67. The molecule has 0 aromatic heterocycles. The van der Waals surface area contributed by atoms with E-state index < -0.39 is 15.4 Å². The minimum atomic E-state index is -3.63. The van der Waals surface area contributed by atoms with Crippen LogP contribution in [0.4, 0.5) is 0 Å². The highest BCUT2D eigenvalue weighted by Gasteiger charge is 2.33. The molecule has 2 aromatic carbocycles. The van der Waals surface area contributed by atoms with Crippen molar-refractivity contribution in [3.63, 3.8) is 0 Å². The molecular formula is C25H29Cl2N3O4S. The van der Waals surface area contributed by atoms with Gasteiger partial charge in [0.15, 0.2) is 0 Å². The van der Waals surface area contributed by atoms with Gasteiger partial charge in [0, 0.05) is 35.6 Å². The van der Waals surface area contributed by atoms with E-state index in [1.54, 1.807) is 18.2 Å². The first-order valence-electron chi connectivity index (χ1n) is 11.4. The van der Waals surface area contributed by atoms with Gasteiger partial charge in [-0.3, -0.25) is 4.79 Å². The highest BCUT2D eigenvalue weighted by Crippen LogP contribution is 2.29. The van der Waals surface area contributed by atoms with Crippen LogP contribution in [0.1, 0.15) is 45.1 Å². The number of nitrogens with zero attached hydrogens (tertiary/aromatic N) is 2. The third-order valence-corrected chi connectivity index (χ3v) is 8.58. The SMILES string of the molecule is CC(C)(CCCOc1cc(Cl)ccc1Cl)C(=O)NC1CCN(S(=O)(=O)c2ccc(C#N)cc2)CC1. The number of rotatable bonds is 9. The van der Waals surface area contributed by atoms with Crippen LogP contribution in [0.15, 0.2) is 47.4 Å². The van der Waals surface area contributed by atoms with Crippen molar-refractivity contribution < 1.29 is 17.9 Å². The smallest absolute Gasteiger partial charge is 0.243 e. The predicted molar refractivity (Wildman–Crippen MR) is 136 cm³/mol. The van der Waals surface area contributed by atoms with E-state index in [2.05, 4.69) is 5.32 Å². The van der Waals surface area contributed by atoms with Crippen molar-refractivity contribution in [2.75, 3.05) is 19.7 Å². The summed E-state index contributed by atoms with van der Waals surface area (Å²) in [7, 11) is -3.63. The molecule has 0 bridgehead atoms. The van der Waals surface area contributed by atoms with E-state index in [0.29, 0.717) is 66.7 Å². The third-order valence-electron chi connectivity index (χ3n) is 6.12. The fraction of sp³-hybridized carbons (Fsp3) is 0.440. The highest BCUT2D eigenvalue weighted by atomic mass is 35.5. The molecule has 3 rings (SSSR count). The first kappa shape index (κ1) is 27.3. The van der Waals surface area contributed by atoms with Gasteiger partial charge in [-0.15, -0.1) is 0 Å². The zero-order chi connectivity index (χ0) is 25.6. The van der Waals surface area contributed by atoms with Crippen molar-refractivity contribution >= 4 is 39.1 Å². The summed E-state index contributed by atoms with van der Waals surface area (Å²) in [5.74, 6) is 0.454. The summed E-state index contributed by atoms with van der Waals surface area (Å²) < 4.78 is 32.9. The number of sulfonamides is 1. The largest absolute Gasteiger partial charge is 0.492 e. The van der Waals surface area contributed by atoms with E-state index in [1.165, 1.54) is 28.6 Å². The average Bonchev–Trinajstić information content (AvgIpc) is 2.84. The maximum atomic E-state index is 12.9. The van der Waals surface area contributed by atoms with Gasteiger partial charge in [0.2, 0.25) is 15.9 Å². The van der Waals surface area contributed by atoms with Crippen LogP contribution in [0.5, 0.6) is 5.75 Å². The lowest BCUT2D eigenvalue weighted by molar-refractivity contribution is -0.130. The van der Waals surface area contributed by atoms with Crippen molar-refractivity contribution in [3.8, 4) is 11.8 Å². The molecule has 0 unspecified atom stereocenters. The van der Waals surface area contributed by atoms with Gasteiger partial charge in [-0.1, -0.05) is 37.0 Å². The highest BCUT2D eigenvalue weighted by molar-refractivity contribution is 7.89. The molecule has 1 amide bonds. The van der Waals surface area contributed by atoms with Crippen molar-refractivity contribution in [1.29, 1.82) is 5.26 Å². The molecule has 0 atom stereocenters. The van der Waals surface area contributed by atoms with Gasteiger partial charge in [0.25, 0.3) is 0 Å². The van der Waals surface area contributed by atoms with Crippen LogP contribution in [0.3, 0.4) is 0 Å². The molecule has 1 aliphatic heterocycles. The molecule has 0 aliphatic carbocycles. The molecule has 2 aromatic rings. The summed E-state index contributed by atoms with van der Waals surface area (Å²) in [5, 5.41) is 13.0. The van der Waals surface area contributed by atoms with Crippen LogP contribution in [-0.4, -0.2) is 44.4 Å². The molecular weight excluding hydrogens is 509 g/mol. The van der Waals surface area contributed by atoms with E-state index in [-0.39, 0.29) is 16.8 Å². The summed E-state index contributed by atoms with van der Waals surface area (Å²) in [4.78, 5) is 13.1. The van der Waals surface area contributed by atoms with Crippen molar-refractivity contribution in [2.24, 2.45) is 5.41 Å². The van der Waals surface area contributed by atoms with Crippen LogP contribution in [0, 0.1) is 16.7 Å². The second-order valence-corrected chi connectivity index (χ2v) is 12.0. The van der Waals surface area contributed by atoms with E-state index in [9.17, 15) is 13.2 Å². The minimum Gasteiger partial charge on any atom is -0.492 e. The summed E-state index contributed by atoms with van der Waals surface area (Å²) in [5.41, 5.74) is -0.194. The number of hydrogen-bond acceptors (Lipinski definition) is 5. The number of nitrogens with one attached hydrogen (secondary N) is 1. The Morgan fingerprint density at radius 1 is 1.17 bits per heavy atom. The molecule has 1 fully saturated rings. The quantitative estimate of drug-likeness (QED) is 0.452. The first-order chi connectivity index (χ1) is 16.5. The van der Waals surface area contributed by atoms with E-state index in [1.807, 2.05) is 19.9 Å². The Kier molecular flexibility index (Phi) is 9.05. The number of benzene rings is 2. The number of carbonyl (C=O) groups is 1. The van der Waals surface area contributed by atoms with Crippen molar-refractivity contribution in [1.82, 2.24) is 9.62 Å². The molecule has 188 valence electrons. The molecule has 0 spiro atoms. The van der Waals surface area contributed by atoms with Gasteiger partial charge in [0.1, 0.15) is 5.75 Å². The second-order valence-electron chi connectivity index (χ2n) is 9.20. The van der Waals surface area contributed by atoms with Crippen molar-refractivity contribution in [2.45, 2.75) is 50.5 Å². The molecule has 1 saturated heterocycles.